The predicted molar refractivity (Wildman–Crippen MR) is 43.7 cm³/mol. The third-order valence-corrected chi connectivity index (χ3v) is 3.10. The van der Waals surface area contributed by atoms with Gasteiger partial charge in [0.05, 0.1) is 12.2 Å². The second kappa shape index (κ2) is 3.16. The summed E-state index contributed by atoms with van der Waals surface area (Å²) in [5, 5.41) is 18.3. The molecule has 2 N–H and O–H groups in total. The highest BCUT2D eigenvalue weighted by atomic mass is 127. The molecule has 1 saturated carbocycles. The highest BCUT2D eigenvalue weighted by Gasteiger charge is 2.27. The van der Waals surface area contributed by atoms with Crippen LogP contribution in [-0.4, -0.2) is 26.3 Å². The number of alkyl halides is 1. The Balaban J connectivity index is 2.41. The molecule has 0 unspecified atom stereocenters. The Hall–Kier alpha value is 0.650. The van der Waals surface area contributed by atoms with Gasteiger partial charge in [0.2, 0.25) is 0 Å². The maximum absolute atomic E-state index is 9.19. The molecule has 2 nitrogen and oxygen atoms in total. The Labute approximate surface area is 68.4 Å². The summed E-state index contributed by atoms with van der Waals surface area (Å²) in [6, 6.07) is 0. The molecular weight excluding hydrogens is 231 g/mol. The van der Waals surface area contributed by atoms with Crippen LogP contribution in [0.25, 0.3) is 0 Å². The van der Waals surface area contributed by atoms with E-state index in [1.165, 1.54) is 0 Å². The standard InChI is InChI=1S/C6H11IO2/c7-4-2-1-3-5(8)6(4)9/h4-6,8-9H,1-3H2/t4-,5+,6+/m1/s1. The van der Waals surface area contributed by atoms with Crippen molar-refractivity contribution in [2.24, 2.45) is 0 Å². The molecule has 54 valence electrons. The van der Waals surface area contributed by atoms with Crippen molar-refractivity contribution in [2.45, 2.75) is 35.4 Å². The number of aliphatic hydroxyl groups excluding tert-OH is 2. The van der Waals surface area contributed by atoms with Crippen LogP contribution in [0.15, 0.2) is 0 Å². The van der Waals surface area contributed by atoms with Gasteiger partial charge in [-0.2, -0.15) is 0 Å². The van der Waals surface area contributed by atoms with Crippen molar-refractivity contribution in [3.05, 3.63) is 0 Å². The van der Waals surface area contributed by atoms with Gasteiger partial charge in [0.1, 0.15) is 0 Å². The van der Waals surface area contributed by atoms with E-state index >= 15 is 0 Å². The first-order valence-corrected chi connectivity index (χ1v) is 4.46. The molecule has 0 aromatic carbocycles. The lowest BCUT2D eigenvalue weighted by Gasteiger charge is -2.27. The SMILES string of the molecule is O[C@H]1[C@H](I)CCC[C@@H]1O. The minimum Gasteiger partial charge on any atom is -0.390 e. The van der Waals surface area contributed by atoms with Gasteiger partial charge in [-0.05, 0) is 19.3 Å². The van der Waals surface area contributed by atoms with E-state index in [9.17, 15) is 5.11 Å². The molecular formula is C6H11IO2. The van der Waals surface area contributed by atoms with Crippen LogP contribution < -0.4 is 0 Å². The van der Waals surface area contributed by atoms with Crippen molar-refractivity contribution >= 4 is 22.6 Å². The summed E-state index contributed by atoms with van der Waals surface area (Å²) < 4.78 is 0.256. The van der Waals surface area contributed by atoms with Gasteiger partial charge >= 0.3 is 0 Å². The summed E-state index contributed by atoms with van der Waals surface area (Å²) in [7, 11) is 0. The van der Waals surface area contributed by atoms with Crippen LogP contribution in [0.4, 0.5) is 0 Å². The summed E-state index contributed by atoms with van der Waals surface area (Å²) in [6.45, 7) is 0. The van der Waals surface area contributed by atoms with Crippen molar-refractivity contribution < 1.29 is 10.2 Å². The topological polar surface area (TPSA) is 40.5 Å². The zero-order valence-electron chi connectivity index (χ0n) is 5.13. The molecule has 9 heavy (non-hydrogen) atoms. The molecule has 0 amide bonds. The molecule has 0 aromatic rings. The van der Waals surface area contributed by atoms with Crippen LogP contribution in [0.1, 0.15) is 19.3 Å². The summed E-state index contributed by atoms with van der Waals surface area (Å²) >= 11 is 2.19. The highest BCUT2D eigenvalue weighted by molar-refractivity contribution is 14.1. The third kappa shape index (κ3) is 1.78. The van der Waals surface area contributed by atoms with Gasteiger partial charge < -0.3 is 10.2 Å². The molecule has 1 aliphatic carbocycles. The molecule has 0 bridgehead atoms. The first-order valence-electron chi connectivity index (χ1n) is 3.22. The molecule has 0 heterocycles. The van der Waals surface area contributed by atoms with Crippen molar-refractivity contribution in [3.63, 3.8) is 0 Å². The Bertz CT molecular complexity index is 87.1. The summed E-state index contributed by atoms with van der Waals surface area (Å²) in [6.07, 6.45) is 1.89. The van der Waals surface area contributed by atoms with Gasteiger partial charge in [-0.1, -0.05) is 22.6 Å². The normalized spacial score (nSPS) is 45.0. The zero-order valence-corrected chi connectivity index (χ0v) is 7.28. The Morgan fingerprint density at radius 2 is 1.89 bits per heavy atom. The average molecular weight is 242 g/mol. The van der Waals surface area contributed by atoms with Crippen LogP contribution >= 0.6 is 22.6 Å². The fraction of sp³-hybridized carbons (Fsp3) is 1.00. The van der Waals surface area contributed by atoms with E-state index in [4.69, 9.17) is 5.11 Å². The second-order valence-electron chi connectivity index (χ2n) is 2.50. The number of rotatable bonds is 0. The van der Waals surface area contributed by atoms with Gasteiger partial charge in [0.25, 0.3) is 0 Å². The lowest BCUT2D eigenvalue weighted by Crippen LogP contribution is -2.37. The lowest BCUT2D eigenvalue weighted by molar-refractivity contribution is -0.00125. The largest absolute Gasteiger partial charge is 0.390 e. The molecule has 0 aliphatic heterocycles. The van der Waals surface area contributed by atoms with Crippen LogP contribution in [0, 0.1) is 0 Å². The molecule has 3 atom stereocenters. The molecule has 0 radical (unpaired) electrons. The summed E-state index contributed by atoms with van der Waals surface area (Å²) in [4.78, 5) is 0. The number of aliphatic hydroxyl groups is 2. The van der Waals surface area contributed by atoms with Crippen LogP contribution in [0.2, 0.25) is 0 Å². The minimum absolute atomic E-state index is 0.256. The molecule has 0 saturated heterocycles. The predicted octanol–water partition coefficient (Wildman–Crippen LogP) is 0.696. The molecule has 1 rings (SSSR count). The second-order valence-corrected chi connectivity index (χ2v) is 4.10. The number of halogens is 1. The monoisotopic (exact) mass is 242 g/mol. The quantitative estimate of drug-likeness (QED) is 0.484. The van der Waals surface area contributed by atoms with E-state index in [0.29, 0.717) is 0 Å². The van der Waals surface area contributed by atoms with E-state index in [2.05, 4.69) is 22.6 Å². The van der Waals surface area contributed by atoms with Crippen molar-refractivity contribution in [1.82, 2.24) is 0 Å². The first-order chi connectivity index (χ1) is 4.22. The smallest absolute Gasteiger partial charge is 0.0916 e. The van der Waals surface area contributed by atoms with E-state index in [0.717, 1.165) is 19.3 Å². The number of hydrogen-bond acceptors (Lipinski definition) is 2. The summed E-state index contributed by atoms with van der Waals surface area (Å²) in [5.41, 5.74) is 0. The van der Waals surface area contributed by atoms with Gasteiger partial charge in [-0.3, -0.25) is 0 Å². The maximum atomic E-state index is 9.19. The fourth-order valence-corrected chi connectivity index (χ4v) is 2.02. The highest BCUT2D eigenvalue weighted by Crippen LogP contribution is 2.24. The van der Waals surface area contributed by atoms with Crippen LogP contribution in [0.3, 0.4) is 0 Å². The van der Waals surface area contributed by atoms with Crippen LogP contribution in [0.5, 0.6) is 0 Å². The van der Waals surface area contributed by atoms with Gasteiger partial charge in [0.15, 0.2) is 0 Å². The molecule has 1 fully saturated rings. The van der Waals surface area contributed by atoms with E-state index in [1.807, 2.05) is 0 Å². The van der Waals surface area contributed by atoms with Crippen molar-refractivity contribution in [2.75, 3.05) is 0 Å². The fourth-order valence-electron chi connectivity index (χ4n) is 1.10. The van der Waals surface area contributed by atoms with Gasteiger partial charge in [-0.25, -0.2) is 0 Å². The molecule has 0 spiro atoms. The van der Waals surface area contributed by atoms with E-state index in [1.54, 1.807) is 0 Å². The molecule has 1 aliphatic rings. The molecule has 3 heteroatoms. The van der Waals surface area contributed by atoms with Gasteiger partial charge in [0, 0.05) is 3.92 Å². The average Bonchev–Trinajstić information content (AvgIpc) is 1.83. The third-order valence-electron chi connectivity index (χ3n) is 1.74. The summed E-state index contributed by atoms with van der Waals surface area (Å²) in [5.74, 6) is 0. The Morgan fingerprint density at radius 3 is 2.33 bits per heavy atom. The molecule has 0 aromatic heterocycles. The van der Waals surface area contributed by atoms with E-state index in [-0.39, 0.29) is 3.92 Å². The minimum atomic E-state index is -0.487. The Kier molecular flexibility index (Phi) is 2.73. The van der Waals surface area contributed by atoms with E-state index < -0.39 is 12.2 Å². The number of hydrogen-bond donors (Lipinski definition) is 2. The van der Waals surface area contributed by atoms with Crippen molar-refractivity contribution in [1.29, 1.82) is 0 Å². The van der Waals surface area contributed by atoms with Crippen molar-refractivity contribution in [3.8, 4) is 0 Å². The van der Waals surface area contributed by atoms with Gasteiger partial charge in [-0.15, -0.1) is 0 Å². The van der Waals surface area contributed by atoms with Crippen LogP contribution in [-0.2, 0) is 0 Å². The Morgan fingerprint density at radius 1 is 1.22 bits per heavy atom. The lowest BCUT2D eigenvalue weighted by atomic mass is 9.95. The zero-order chi connectivity index (χ0) is 6.85. The first kappa shape index (κ1) is 7.75. The maximum Gasteiger partial charge on any atom is 0.0916 e.